The minimum absolute atomic E-state index is 0.557. The normalized spacial score (nSPS) is 20.4. The highest BCUT2D eigenvalue weighted by molar-refractivity contribution is 9.09. The van der Waals surface area contributed by atoms with Crippen LogP contribution in [0.5, 0.6) is 5.88 Å². The fraction of sp³-hybridized carbons (Fsp3) is 0.667. The molecule has 1 aromatic heterocycles. The van der Waals surface area contributed by atoms with E-state index in [2.05, 4.69) is 30.8 Å². The Balaban J connectivity index is 2.18. The van der Waals surface area contributed by atoms with E-state index in [1.807, 2.05) is 19.9 Å². The van der Waals surface area contributed by atoms with Gasteiger partial charge >= 0.3 is 0 Å². The van der Waals surface area contributed by atoms with Crippen LogP contribution in [-0.4, -0.2) is 34.5 Å². The van der Waals surface area contributed by atoms with E-state index in [4.69, 9.17) is 4.74 Å². The predicted molar refractivity (Wildman–Crippen MR) is 72.1 cm³/mol. The molecular weight excluding hydrogens is 282 g/mol. The van der Waals surface area contributed by atoms with Crippen LogP contribution in [0.1, 0.15) is 25.6 Å². The molecule has 4 nitrogen and oxygen atoms in total. The molecule has 0 amide bonds. The quantitative estimate of drug-likeness (QED) is 0.804. The van der Waals surface area contributed by atoms with E-state index in [-0.39, 0.29) is 0 Å². The lowest BCUT2D eigenvalue weighted by Gasteiger charge is -2.31. The van der Waals surface area contributed by atoms with Crippen LogP contribution in [0.3, 0.4) is 0 Å². The Bertz CT molecular complexity index is 386. The molecule has 1 saturated heterocycles. The van der Waals surface area contributed by atoms with Crippen molar-refractivity contribution in [3.63, 3.8) is 0 Å². The number of ether oxygens (including phenoxy) is 1. The van der Waals surface area contributed by atoms with Gasteiger partial charge in [-0.3, -0.25) is 0 Å². The standard InChI is InChI=1S/C12H18BrN3O/c1-3-17-12-7-11(14-9(2)15-12)16-6-4-5-10(13)8-16/h7,10H,3-6,8H2,1-2H3. The van der Waals surface area contributed by atoms with Crippen LogP contribution < -0.4 is 9.64 Å². The lowest BCUT2D eigenvalue weighted by molar-refractivity contribution is 0.325. The van der Waals surface area contributed by atoms with E-state index in [1.165, 1.54) is 12.8 Å². The number of anilines is 1. The van der Waals surface area contributed by atoms with Gasteiger partial charge in [-0.2, -0.15) is 4.98 Å². The van der Waals surface area contributed by atoms with E-state index in [1.54, 1.807) is 0 Å². The minimum Gasteiger partial charge on any atom is -0.478 e. The van der Waals surface area contributed by atoms with Gasteiger partial charge in [0.15, 0.2) is 0 Å². The Hall–Kier alpha value is -0.840. The van der Waals surface area contributed by atoms with Gasteiger partial charge in [-0.25, -0.2) is 4.98 Å². The number of aromatic nitrogens is 2. The Morgan fingerprint density at radius 2 is 2.35 bits per heavy atom. The summed E-state index contributed by atoms with van der Waals surface area (Å²) in [6, 6.07) is 1.93. The Morgan fingerprint density at radius 3 is 3.06 bits per heavy atom. The molecule has 0 radical (unpaired) electrons. The van der Waals surface area contributed by atoms with Crippen LogP contribution in [-0.2, 0) is 0 Å². The number of rotatable bonds is 3. The molecule has 1 atom stereocenters. The molecule has 94 valence electrons. The van der Waals surface area contributed by atoms with Gasteiger partial charge in [-0.05, 0) is 26.7 Å². The zero-order chi connectivity index (χ0) is 12.3. The number of nitrogens with zero attached hydrogens (tertiary/aromatic N) is 3. The summed E-state index contributed by atoms with van der Waals surface area (Å²) in [5, 5.41) is 0. The summed E-state index contributed by atoms with van der Waals surface area (Å²) in [4.78, 5) is 11.6. The van der Waals surface area contributed by atoms with Crippen molar-refractivity contribution in [2.24, 2.45) is 0 Å². The summed E-state index contributed by atoms with van der Waals surface area (Å²) in [5.41, 5.74) is 0. The molecule has 0 aromatic carbocycles. The molecule has 1 aliphatic rings. The summed E-state index contributed by atoms with van der Waals surface area (Å²) in [6.07, 6.45) is 2.43. The second kappa shape index (κ2) is 5.67. The molecule has 1 fully saturated rings. The number of hydrogen-bond acceptors (Lipinski definition) is 4. The summed E-state index contributed by atoms with van der Waals surface area (Å²) in [7, 11) is 0. The van der Waals surface area contributed by atoms with Gasteiger partial charge in [0.2, 0.25) is 5.88 Å². The van der Waals surface area contributed by atoms with Crippen molar-refractivity contribution in [2.75, 3.05) is 24.6 Å². The van der Waals surface area contributed by atoms with Crippen LogP contribution in [0.4, 0.5) is 5.82 Å². The number of alkyl halides is 1. The average Bonchev–Trinajstić information content (AvgIpc) is 2.28. The van der Waals surface area contributed by atoms with E-state index in [9.17, 15) is 0 Å². The number of piperidine rings is 1. The van der Waals surface area contributed by atoms with Crippen LogP contribution in [0.15, 0.2) is 6.07 Å². The molecule has 0 N–H and O–H groups in total. The predicted octanol–water partition coefficient (Wildman–Crippen LogP) is 2.55. The summed E-state index contributed by atoms with van der Waals surface area (Å²) in [6.45, 7) is 6.57. The summed E-state index contributed by atoms with van der Waals surface area (Å²) >= 11 is 3.68. The summed E-state index contributed by atoms with van der Waals surface area (Å²) < 4.78 is 5.46. The Morgan fingerprint density at radius 1 is 1.53 bits per heavy atom. The second-order valence-electron chi connectivity index (χ2n) is 4.23. The van der Waals surface area contributed by atoms with Crippen molar-refractivity contribution < 1.29 is 4.74 Å². The second-order valence-corrected chi connectivity index (χ2v) is 5.53. The maximum Gasteiger partial charge on any atom is 0.218 e. The average molecular weight is 300 g/mol. The van der Waals surface area contributed by atoms with E-state index < -0.39 is 0 Å². The lowest BCUT2D eigenvalue weighted by atomic mass is 10.1. The highest BCUT2D eigenvalue weighted by atomic mass is 79.9. The van der Waals surface area contributed by atoms with Gasteiger partial charge < -0.3 is 9.64 Å². The maximum atomic E-state index is 5.46. The fourth-order valence-corrected chi connectivity index (χ4v) is 2.72. The van der Waals surface area contributed by atoms with Gasteiger partial charge in [0.05, 0.1) is 6.61 Å². The molecule has 2 rings (SSSR count). The largest absolute Gasteiger partial charge is 0.478 e. The van der Waals surface area contributed by atoms with Gasteiger partial charge in [-0.1, -0.05) is 15.9 Å². The molecule has 2 heterocycles. The van der Waals surface area contributed by atoms with E-state index in [0.717, 1.165) is 24.7 Å². The van der Waals surface area contributed by atoms with Crippen molar-refractivity contribution in [1.29, 1.82) is 0 Å². The van der Waals surface area contributed by atoms with Crippen molar-refractivity contribution >= 4 is 21.7 Å². The van der Waals surface area contributed by atoms with Crippen LogP contribution >= 0.6 is 15.9 Å². The third kappa shape index (κ3) is 3.31. The third-order valence-electron chi connectivity index (χ3n) is 2.78. The van der Waals surface area contributed by atoms with Crippen molar-refractivity contribution in [3.8, 4) is 5.88 Å². The first-order valence-electron chi connectivity index (χ1n) is 6.06. The van der Waals surface area contributed by atoms with Crippen molar-refractivity contribution in [1.82, 2.24) is 9.97 Å². The number of aryl methyl sites for hydroxylation is 1. The van der Waals surface area contributed by atoms with Gasteiger partial charge in [0.25, 0.3) is 0 Å². The fourth-order valence-electron chi connectivity index (χ4n) is 2.04. The smallest absolute Gasteiger partial charge is 0.218 e. The first-order chi connectivity index (χ1) is 8.19. The molecule has 5 heteroatoms. The number of halogens is 1. The monoisotopic (exact) mass is 299 g/mol. The molecular formula is C12H18BrN3O. The van der Waals surface area contributed by atoms with E-state index >= 15 is 0 Å². The molecule has 1 aliphatic heterocycles. The summed E-state index contributed by atoms with van der Waals surface area (Å²) in [5.74, 6) is 2.42. The molecule has 1 unspecified atom stereocenters. The molecule has 0 spiro atoms. The molecule has 0 saturated carbocycles. The van der Waals surface area contributed by atoms with Crippen molar-refractivity contribution in [2.45, 2.75) is 31.5 Å². The van der Waals surface area contributed by atoms with Crippen LogP contribution in [0.2, 0.25) is 0 Å². The van der Waals surface area contributed by atoms with Crippen molar-refractivity contribution in [3.05, 3.63) is 11.9 Å². The topological polar surface area (TPSA) is 38.2 Å². The number of hydrogen-bond donors (Lipinski definition) is 0. The lowest BCUT2D eigenvalue weighted by Crippen LogP contribution is -2.36. The molecule has 0 aliphatic carbocycles. The van der Waals surface area contributed by atoms with Crippen LogP contribution in [0.25, 0.3) is 0 Å². The first-order valence-corrected chi connectivity index (χ1v) is 6.98. The Labute approximate surface area is 111 Å². The van der Waals surface area contributed by atoms with E-state index in [0.29, 0.717) is 17.3 Å². The maximum absolute atomic E-state index is 5.46. The van der Waals surface area contributed by atoms with Gasteiger partial charge in [0, 0.05) is 24.0 Å². The third-order valence-corrected chi connectivity index (χ3v) is 3.53. The van der Waals surface area contributed by atoms with Crippen LogP contribution in [0, 0.1) is 6.92 Å². The SMILES string of the molecule is CCOc1cc(N2CCCC(Br)C2)nc(C)n1. The highest BCUT2D eigenvalue weighted by Gasteiger charge is 2.19. The Kier molecular flexibility index (Phi) is 4.20. The molecule has 17 heavy (non-hydrogen) atoms. The highest BCUT2D eigenvalue weighted by Crippen LogP contribution is 2.24. The first kappa shape index (κ1) is 12.6. The van der Waals surface area contributed by atoms with Gasteiger partial charge in [0.1, 0.15) is 11.6 Å². The molecule has 1 aromatic rings. The zero-order valence-electron chi connectivity index (χ0n) is 10.3. The van der Waals surface area contributed by atoms with Gasteiger partial charge in [-0.15, -0.1) is 0 Å². The zero-order valence-corrected chi connectivity index (χ0v) is 11.9. The molecule has 0 bridgehead atoms. The minimum atomic E-state index is 0.557.